The first-order valence-electron chi connectivity index (χ1n) is 4.69. The van der Waals surface area contributed by atoms with E-state index in [1.54, 1.807) is 12.1 Å². The first-order valence-corrected chi connectivity index (χ1v) is 7.00. The fourth-order valence-corrected chi connectivity index (χ4v) is 2.77. The van der Waals surface area contributed by atoms with Crippen LogP contribution in [0, 0.1) is 0 Å². The Kier molecular flexibility index (Phi) is 2.98. The maximum atomic E-state index is 11.5. The summed E-state index contributed by atoms with van der Waals surface area (Å²) in [5, 5.41) is 0. The van der Waals surface area contributed by atoms with Crippen LogP contribution in [0.25, 0.3) is 16.0 Å². The molecular formula is C10H5ClN4O2S. The van der Waals surface area contributed by atoms with E-state index in [1.165, 1.54) is 12.1 Å². The van der Waals surface area contributed by atoms with Gasteiger partial charge in [-0.15, -0.1) is 0 Å². The third-order valence-corrected chi connectivity index (χ3v) is 3.79. The van der Waals surface area contributed by atoms with Gasteiger partial charge in [0.1, 0.15) is 0 Å². The normalized spacial score (nSPS) is 14.4. The van der Waals surface area contributed by atoms with Crippen LogP contribution in [0.2, 0.25) is 0 Å². The lowest BCUT2D eigenvalue weighted by molar-refractivity contribution is -0.0222. The lowest BCUT2D eigenvalue weighted by atomic mass is 9.94. The van der Waals surface area contributed by atoms with Gasteiger partial charge in [0.05, 0.1) is 16.5 Å². The fourth-order valence-electron chi connectivity index (χ4n) is 1.70. The summed E-state index contributed by atoms with van der Waals surface area (Å²) in [6.07, 6.45) is 1.04. The van der Waals surface area contributed by atoms with E-state index in [-0.39, 0.29) is 21.9 Å². The van der Waals surface area contributed by atoms with Crippen LogP contribution in [-0.2, 0) is 9.05 Å². The smallest absolute Gasteiger partial charge is 0.360 e. The van der Waals surface area contributed by atoms with Gasteiger partial charge in [-0.2, -0.15) is 9.58 Å². The number of rotatable bonds is 1. The van der Waals surface area contributed by atoms with E-state index in [1.807, 2.05) is 0 Å². The van der Waals surface area contributed by atoms with Gasteiger partial charge >= 0.3 is 11.4 Å². The highest BCUT2D eigenvalue weighted by atomic mass is 35.7. The monoisotopic (exact) mass is 280 g/mol. The predicted molar refractivity (Wildman–Crippen MR) is 65.5 cm³/mol. The van der Waals surface area contributed by atoms with Crippen molar-refractivity contribution >= 4 is 36.1 Å². The molecule has 1 aromatic rings. The molecule has 0 fully saturated rings. The molecule has 0 aliphatic heterocycles. The van der Waals surface area contributed by atoms with E-state index in [9.17, 15) is 8.42 Å². The van der Waals surface area contributed by atoms with Crippen LogP contribution >= 0.6 is 10.7 Å². The summed E-state index contributed by atoms with van der Waals surface area (Å²) in [4.78, 5) is 5.68. The Labute approximate surface area is 107 Å². The van der Waals surface area contributed by atoms with Crippen LogP contribution in [0.1, 0.15) is 11.1 Å². The van der Waals surface area contributed by atoms with Crippen LogP contribution in [-0.4, -0.2) is 29.4 Å². The topological polar surface area (TPSA) is 107 Å². The molecular weight excluding hydrogens is 276 g/mol. The standard InChI is InChI=1S/C10H5ClN4O2S/c11-18(16,17)9-5-8(14-12)10(15-13)7-4-2-1-3-6(7)9/h1-5H. The van der Waals surface area contributed by atoms with Crippen molar-refractivity contribution in [3.63, 3.8) is 0 Å². The molecule has 0 radical (unpaired) electrons. The molecule has 0 atom stereocenters. The Morgan fingerprint density at radius 1 is 1.06 bits per heavy atom. The average Bonchev–Trinajstić information content (AvgIpc) is 2.35. The highest BCUT2D eigenvalue weighted by molar-refractivity contribution is 8.21. The van der Waals surface area contributed by atoms with Crippen molar-refractivity contribution in [1.82, 2.24) is 0 Å². The number of fused-ring (bicyclic) bond motifs is 1. The fraction of sp³-hybridized carbons (Fsp3) is 0. The minimum absolute atomic E-state index is 0.0304. The highest BCUT2D eigenvalue weighted by Gasteiger charge is 2.38. The lowest BCUT2D eigenvalue weighted by Crippen LogP contribution is -2.23. The van der Waals surface area contributed by atoms with Crippen LogP contribution in [0.4, 0.5) is 0 Å². The zero-order chi connectivity index (χ0) is 13.3. The van der Waals surface area contributed by atoms with E-state index in [0.29, 0.717) is 5.56 Å². The molecule has 8 heteroatoms. The minimum atomic E-state index is -4.01. The second-order valence-corrected chi connectivity index (χ2v) is 5.96. The molecule has 18 heavy (non-hydrogen) atoms. The number of hydrogen-bond acceptors (Lipinski definition) is 2. The Hall–Kier alpha value is -2.04. The predicted octanol–water partition coefficient (Wildman–Crippen LogP) is 1.30. The first-order chi connectivity index (χ1) is 8.49. The van der Waals surface area contributed by atoms with Crippen molar-refractivity contribution in [2.24, 2.45) is 0 Å². The maximum absolute atomic E-state index is 11.5. The molecule has 0 aromatic heterocycles. The molecule has 0 spiro atoms. The molecule has 1 aliphatic carbocycles. The number of hydrogen-bond donors (Lipinski definition) is 0. The molecule has 6 nitrogen and oxygen atoms in total. The molecule has 1 aliphatic rings. The van der Waals surface area contributed by atoms with Crippen LogP contribution in [0.15, 0.2) is 30.3 Å². The van der Waals surface area contributed by atoms with Crippen molar-refractivity contribution < 1.29 is 18.0 Å². The Bertz CT molecular complexity index is 769. The molecule has 90 valence electrons. The Morgan fingerprint density at radius 3 is 2.17 bits per heavy atom. The van der Waals surface area contributed by atoms with Crippen LogP contribution < -0.4 is 0 Å². The summed E-state index contributed by atoms with van der Waals surface area (Å²) in [6, 6.07) is 6.29. The Morgan fingerprint density at radius 2 is 1.67 bits per heavy atom. The van der Waals surface area contributed by atoms with Gasteiger partial charge in [-0.25, -0.2) is 8.42 Å². The molecule has 0 N–H and O–H groups in total. The number of nitrogens with zero attached hydrogens (tertiary/aromatic N) is 4. The molecule has 0 saturated carbocycles. The quantitative estimate of drug-likeness (QED) is 0.439. The van der Waals surface area contributed by atoms with E-state index >= 15 is 0 Å². The van der Waals surface area contributed by atoms with E-state index in [4.69, 9.17) is 21.7 Å². The SMILES string of the molecule is [N-]=[N+]=C1C=C(S(=O)(=O)Cl)c2ccccc2C1=[N+]=[N-]. The van der Waals surface area contributed by atoms with Gasteiger partial charge in [0.2, 0.25) is 0 Å². The van der Waals surface area contributed by atoms with Crippen LogP contribution in [0.5, 0.6) is 0 Å². The van der Waals surface area contributed by atoms with Gasteiger partial charge in [-0.3, -0.25) is 0 Å². The van der Waals surface area contributed by atoms with Crippen molar-refractivity contribution in [2.75, 3.05) is 0 Å². The van der Waals surface area contributed by atoms with Gasteiger partial charge in [-0.05, 0) is 6.07 Å². The van der Waals surface area contributed by atoms with E-state index in [2.05, 4.69) is 9.58 Å². The van der Waals surface area contributed by atoms with Crippen molar-refractivity contribution in [2.45, 2.75) is 0 Å². The minimum Gasteiger partial charge on any atom is -0.360 e. The zero-order valence-corrected chi connectivity index (χ0v) is 10.4. The van der Waals surface area contributed by atoms with Crippen LogP contribution in [0.3, 0.4) is 0 Å². The Balaban J connectivity index is 2.92. The average molecular weight is 281 g/mol. The molecule has 0 saturated heterocycles. The first kappa shape index (κ1) is 12.4. The largest absolute Gasteiger partial charge is 0.410 e. The van der Waals surface area contributed by atoms with Crippen molar-refractivity contribution in [1.29, 1.82) is 0 Å². The summed E-state index contributed by atoms with van der Waals surface area (Å²) in [5.74, 6) is 0. The summed E-state index contributed by atoms with van der Waals surface area (Å²) in [6.45, 7) is 0. The summed E-state index contributed by atoms with van der Waals surface area (Å²) < 4.78 is 22.9. The van der Waals surface area contributed by atoms with Crippen molar-refractivity contribution in [3.05, 3.63) is 52.5 Å². The number of halogens is 1. The lowest BCUT2D eigenvalue weighted by Gasteiger charge is -2.09. The van der Waals surface area contributed by atoms with E-state index in [0.717, 1.165) is 6.08 Å². The molecule has 0 heterocycles. The van der Waals surface area contributed by atoms with E-state index < -0.39 is 9.05 Å². The third kappa shape index (κ3) is 1.92. The zero-order valence-electron chi connectivity index (χ0n) is 8.78. The maximum Gasteiger partial charge on any atom is 0.410 e. The number of allylic oxidation sites excluding steroid dienone is 1. The molecule has 0 amide bonds. The number of benzene rings is 1. The van der Waals surface area contributed by atoms with Gasteiger partial charge in [0.15, 0.2) is 0 Å². The van der Waals surface area contributed by atoms with Gasteiger partial charge < -0.3 is 11.1 Å². The molecule has 0 unspecified atom stereocenters. The van der Waals surface area contributed by atoms with Gasteiger partial charge in [0, 0.05) is 16.2 Å². The summed E-state index contributed by atoms with van der Waals surface area (Å²) in [5.41, 5.74) is 18.1. The summed E-state index contributed by atoms with van der Waals surface area (Å²) >= 11 is 0. The second kappa shape index (κ2) is 4.33. The second-order valence-electron chi connectivity index (χ2n) is 3.43. The molecule has 0 bridgehead atoms. The summed E-state index contributed by atoms with van der Waals surface area (Å²) in [7, 11) is 1.31. The highest BCUT2D eigenvalue weighted by Crippen LogP contribution is 2.30. The van der Waals surface area contributed by atoms with Gasteiger partial charge in [0.25, 0.3) is 9.05 Å². The molecule has 1 aromatic carbocycles. The molecule has 2 rings (SSSR count). The van der Waals surface area contributed by atoms with Gasteiger partial charge in [-0.1, -0.05) is 18.2 Å². The van der Waals surface area contributed by atoms with Crippen molar-refractivity contribution in [3.8, 4) is 0 Å². The third-order valence-electron chi connectivity index (χ3n) is 2.43.